The minimum atomic E-state index is 1.07. The Balaban J connectivity index is 1.07. The number of rotatable bonds is 10. The van der Waals surface area contributed by atoms with Crippen LogP contribution in [-0.2, 0) is 0 Å². The maximum Gasteiger partial charge on any atom is 0.0540 e. The monoisotopic (exact) mass is 877 g/mol. The molecule has 324 valence electrons. The summed E-state index contributed by atoms with van der Waals surface area (Å²) in [7, 11) is 0. The quantitative estimate of drug-likeness (QED) is 0.124. The van der Waals surface area contributed by atoms with Crippen LogP contribution in [-0.4, -0.2) is 0 Å². The van der Waals surface area contributed by atoms with E-state index in [1.807, 2.05) is 0 Å². The van der Waals surface area contributed by atoms with Gasteiger partial charge in [0.1, 0.15) is 0 Å². The van der Waals surface area contributed by atoms with Gasteiger partial charge in [0, 0.05) is 16.9 Å². The average Bonchev–Trinajstić information content (AvgIpc) is 3.44. The van der Waals surface area contributed by atoms with E-state index in [0.29, 0.717) is 0 Å². The van der Waals surface area contributed by atoms with Gasteiger partial charge in [0.2, 0.25) is 0 Å². The molecule has 12 aromatic rings. The highest BCUT2D eigenvalue weighted by molar-refractivity contribution is 6.22. The lowest BCUT2D eigenvalue weighted by molar-refractivity contribution is 1.28. The number of benzene rings is 12. The molecule has 0 aliphatic rings. The molecule has 0 aliphatic heterocycles. The summed E-state index contributed by atoms with van der Waals surface area (Å²) in [5, 5.41) is 4.99. The minimum Gasteiger partial charge on any atom is -0.310 e. The van der Waals surface area contributed by atoms with E-state index in [9.17, 15) is 0 Å². The summed E-state index contributed by atoms with van der Waals surface area (Å²) >= 11 is 0. The van der Waals surface area contributed by atoms with Crippen molar-refractivity contribution < 1.29 is 0 Å². The van der Waals surface area contributed by atoms with Crippen LogP contribution in [0.5, 0.6) is 0 Å². The van der Waals surface area contributed by atoms with Crippen LogP contribution in [0, 0.1) is 0 Å². The molecule has 12 aromatic carbocycles. The Morgan fingerprint density at radius 1 is 0.188 bits per heavy atom. The van der Waals surface area contributed by atoms with E-state index < -0.39 is 0 Å². The maximum atomic E-state index is 2.45. The highest BCUT2D eigenvalue weighted by atomic mass is 15.1. The number of hydrogen-bond donors (Lipinski definition) is 0. The Morgan fingerprint density at radius 2 is 0.565 bits per heavy atom. The van der Waals surface area contributed by atoms with Crippen molar-refractivity contribution in [2.45, 2.75) is 0 Å². The standard InChI is InChI=1S/C68H47N/c1-7-21-48(22-8-1)56-38-42-66(64(46-56)52-27-13-4-14-28-52)69(60-44-57(49-23-9-2-10-24-49)43-58(45-60)50-25-11-3-12-26-50)59-39-35-51(36-40-59)55-37-41-62-61-33-19-20-34-63(61)67(53-29-15-5-16-30-53)68(65(62)47-55)54-31-17-6-18-32-54/h1-47H. The smallest absolute Gasteiger partial charge is 0.0540 e. The molecule has 0 radical (unpaired) electrons. The van der Waals surface area contributed by atoms with Crippen LogP contribution in [0.1, 0.15) is 0 Å². The van der Waals surface area contributed by atoms with E-state index in [0.717, 1.165) is 44.9 Å². The van der Waals surface area contributed by atoms with Gasteiger partial charge in [-0.2, -0.15) is 0 Å². The summed E-state index contributed by atoms with van der Waals surface area (Å²) in [6.07, 6.45) is 0. The molecule has 0 atom stereocenters. The van der Waals surface area contributed by atoms with Gasteiger partial charge in [-0.1, -0.05) is 237 Å². The van der Waals surface area contributed by atoms with Crippen molar-refractivity contribution in [1.82, 2.24) is 0 Å². The predicted molar refractivity (Wildman–Crippen MR) is 294 cm³/mol. The Morgan fingerprint density at radius 3 is 1.10 bits per heavy atom. The third-order valence-electron chi connectivity index (χ3n) is 13.4. The van der Waals surface area contributed by atoms with Crippen molar-refractivity contribution in [3.63, 3.8) is 0 Å². The zero-order chi connectivity index (χ0) is 45.9. The Bertz CT molecular complexity index is 3660. The molecule has 0 saturated carbocycles. The molecular weight excluding hydrogens is 831 g/mol. The summed E-state index contributed by atoms with van der Waals surface area (Å²) in [5.74, 6) is 0. The Kier molecular flexibility index (Phi) is 11.0. The first kappa shape index (κ1) is 41.4. The highest BCUT2D eigenvalue weighted by Crippen LogP contribution is 2.48. The van der Waals surface area contributed by atoms with E-state index in [-0.39, 0.29) is 0 Å². The topological polar surface area (TPSA) is 3.24 Å². The molecule has 0 fully saturated rings. The molecule has 0 bridgehead atoms. The first-order valence-electron chi connectivity index (χ1n) is 23.7. The third kappa shape index (κ3) is 8.07. The van der Waals surface area contributed by atoms with Gasteiger partial charge in [0.05, 0.1) is 5.69 Å². The van der Waals surface area contributed by atoms with E-state index in [4.69, 9.17) is 0 Å². The van der Waals surface area contributed by atoms with E-state index in [1.54, 1.807) is 0 Å². The number of nitrogens with zero attached hydrogens (tertiary/aromatic N) is 1. The van der Waals surface area contributed by atoms with Gasteiger partial charge in [0.25, 0.3) is 0 Å². The molecule has 0 saturated heterocycles. The average molecular weight is 878 g/mol. The van der Waals surface area contributed by atoms with Crippen LogP contribution >= 0.6 is 0 Å². The van der Waals surface area contributed by atoms with Crippen molar-refractivity contribution in [1.29, 1.82) is 0 Å². The molecule has 0 unspecified atom stereocenters. The molecule has 0 amide bonds. The van der Waals surface area contributed by atoms with Gasteiger partial charge in [-0.25, -0.2) is 0 Å². The Labute approximate surface area is 404 Å². The van der Waals surface area contributed by atoms with Crippen LogP contribution in [0.4, 0.5) is 17.1 Å². The zero-order valence-corrected chi connectivity index (χ0v) is 38.1. The summed E-state index contributed by atoms with van der Waals surface area (Å²) in [6, 6.07) is 104. The molecule has 0 aliphatic carbocycles. The first-order valence-corrected chi connectivity index (χ1v) is 23.7. The molecular formula is C68H47N. The molecule has 0 heterocycles. The lowest BCUT2D eigenvalue weighted by atomic mass is 9.84. The normalized spacial score (nSPS) is 11.2. The van der Waals surface area contributed by atoms with E-state index >= 15 is 0 Å². The van der Waals surface area contributed by atoms with Gasteiger partial charge in [-0.05, 0) is 142 Å². The molecule has 0 N–H and O–H groups in total. The van der Waals surface area contributed by atoms with Gasteiger partial charge in [0.15, 0.2) is 0 Å². The van der Waals surface area contributed by atoms with Gasteiger partial charge in [-0.15, -0.1) is 0 Å². The second-order valence-corrected chi connectivity index (χ2v) is 17.6. The van der Waals surface area contributed by atoms with Crippen LogP contribution in [0.2, 0.25) is 0 Å². The van der Waals surface area contributed by atoms with Crippen molar-refractivity contribution in [3.05, 3.63) is 285 Å². The fourth-order valence-electron chi connectivity index (χ4n) is 10.1. The van der Waals surface area contributed by atoms with Crippen molar-refractivity contribution in [2.75, 3.05) is 4.90 Å². The lowest BCUT2D eigenvalue weighted by Crippen LogP contribution is -2.12. The third-order valence-corrected chi connectivity index (χ3v) is 13.4. The SMILES string of the molecule is c1ccc(-c2cc(-c3ccccc3)cc(N(c3ccc(-c4ccc5c(c4)c(-c4ccccc4)c(-c4ccccc4)c4ccccc45)cc3)c3ccc(-c4ccccc4)cc3-c3ccccc3)c2)cc1. The first-order chi connectivity index (χ1) is 34.2. The minimum absolute atomic E-state index is 1.07. The summed E-state index contributed by atoms with van der Waals surface area (Å²) in [5.41, 5.74) is 19.8. The molecule has 0 aromatic heterocycles. The van der Waals surface area contributed by atoms with Crippen molar-refractivity contribution >= 4 is 38.6 Å². The number of hydrogen-bond acceptors (Lipinski definition) is 1. The summed E-state index contributed by atoms with van der Waals surface area (Å²) < 4.78 is 0. The molecule has 12 rings (SSSR count). The number of fused-ring (bicyclic) bond motifs is 3. The van der Waals surface area contributed by atoms with Gasteiger partial charge < -0.3 is 4.90 Å². The van der Waals surface area contributed by atoms with Crippen molar-refractivity contribution in [2.24, 2.45) is 0 Å². The fourth-order valence-corrected chi connectivity index (χ4v) is 10.1. The van der Waals surface area contributed by atoms with Crippen LogP contribution in [0.25, 0.3) is 99.4 Å². The fraction of sp³-hybridized carbons (Fsp3) is 0. The van der Waals surface area contributed by atoms with Crippen molar-refractivity contribution in [3.8, 4) is 77.9 Å². The highest BCUT2D eigenvalue weighted by Gasteiger charge is 2.22. The predicted octanol–water partition coefficient (Wildman–Crippen LogP) is 19.1. The van der Waals surface area contributed by atoms with Gasteiger partial charge in [-0.3, -0.25) is 0 Å². The van der Waals surface area contributed by atoms with Crippen LogP contribution in [0.3, 0.4) is 0 Å². The molecule has 1 nitrogen and oxygen atoms in total. The summed E-state index contributed by atoms with van der Waals surface area (Å²) in [6.45, 7) is 0. The molecule has 1 heteroatoms. The lowest BCUT2D eigenvalue weighted by Gasteiger charge is -2.29. The van der Waals surface area contributed by atoms with Crippen LogP contribution < -0.4 is 4.90 Å². The van der Waals surface area contributed by atoms with E-state index in [2.05, 4.69) is 290 Å². The summed E-state index contributed by atoms with van der Waals surface area (Å²) in [4.78, 5) is 2.45. The molecule has 0 spiro atoms. The largest absolute Gasteiger partial charge is 0.310 e. The molecule has 69 heavy (non-hydrogen) atoms. The second kappa shape index (κ2) is 18.3. The number of anilines is 3. The second-order valence-electron chi connectivity index (χ2n) is 17.6. The Hall–Kier alpha value is -9.04. The van der Waals surface area contributed by atoms with Crippen LogP contribution in [0.15, 0.2) is 285 Å². The zero-order valence-electron chi connectivity index (χ0n) is 38.1. The van der Waals surface area contributed by atoms with E-state index in [1.165, 1.54) is 71.6 Å². The maximum absolute atomic E-state index is 2.45. The van der Waals surface area contributed by atoms with Gasteiger partial charge >= 0.3 is 0 Å².